The summed E-state index contributed by atoms with van der Waals surface area (Å²) in [7, 11) is 0. The molecule has 4 atom stereocenters. The number of carbonyl (C=O) groups excluding carboxylic acids is 4. The van der Waals surface area contributed by atoms with E-state index in [4.69, 9.17) is 4.74 Å². The topological polar surface area (TPSA) is 84.0 Å². The molecular weight excluding hydrogens is 432 g/mol. The van der Waals surface area contributed by atoms with Crippen LogP contribution < -0.4 is 14.5 Å². The highest BCUT2D eigenvalue weighted by Gasteiger charge is 2.50. The van der Waals surface area contributed by atoms with Crippen LogP contribution in [0.3, 0.4) is 0 Å². The van der Waals surface area contributed by atoms with Crippen LogP contribution in [0.1, 0.15) is 38.2 Å². The number of ether oxygens (including phenoxy) is 1. The van der Waals surface area contributed by atoms with Gasteiger partial charge in [-0.05, 0) is 56.4 Å². The number of benzene rings is 2. The van der Waals surface area contributed by atoms with Gasteiger partial charge in [0.2, 0.25) is 17.7 Å². The predicted molar refractivity (Wildman–Crippen MR) is 126 cm³/mol. The van der Waals surface area contributed by atoms with Crippen LogP contribution in [0.5, 0.6) is 5.75 Å². The number of anilines is 2. The van der Waals surface area contributed by atoms with Crippen LogP contribution in [0.2, 0.25) is 0 Å². The molecule has 2 aromatic carbocycles. The van der Waals surface area contributed by atoms with E-state index < -0.39 is 11.9 Å². The summed E-state index contributed by atoms with van der Waals surface area (Å²) in [6.45, 7) is 4.34. The maximum atomic E-state index is 13.0. The summed E-state index contributed by atoms with van der Waals surface area (Å²) in [5.41, 5.74) is 2.27. The molecule has 176 valence electrons. The van der Waals surface area contributed by atoms with Crippen molar-refractivity contribution >= 4 is 35.1 Å². The molecule has 2 aliphatic heterocycles. The molecule has 34 heavy (non-hydrogen) atoms. The molecule has 0 bridgehead atoms. The zero-order valence-electron chi connectivity index (χ0n) is 19.4. The van der Waals surface area contributed by atoms with Gasteiger partial charge in [0.05, 0.1) is 23.4 Å². The van der Waals surface area contributed by atoms with Crippen LogP contribution in [0.4, 0.5) is 11.4 Å². The number of carbonyl (C=O) groups is 4. The smallest absolute Gasteiger partial charge is 0.316 e. The summed E-state index contributed by atoms with van der Waals surface area (Å²) in [6.07, 6.45) is 2.49. The van der Waals surface area contributed by atoms with Gasteiger partial charge in [-0.15, -0.1) is 0 Å². The lowest BCUT2D eigenvalue weighted by atomic mass is 9.76. The number of nitrogens with zero attached hydrogens (tertiary/aromatic N) is 2. The molecular formula is C27H28N2O5. The third kappa shape index (κ3) is 4.00. The van der Waals surface area contributed by atoms with E-state index in [9.17, 15) is 19.2 Å². The second kappa shape index (κ2) is 8.70. The van der Waals surface area contributed by atoms with Gasteiger partial charge in [-0.1, -0.05) is 30.7 Å². The van der Waals surface area contributed by atoms with E-state index in [0.29, 0.717) is 11.6 Å². The highest BCUT2D eigenvalue weighted by molar-refractivity contribution is 6.22. The summed E-state index contributed by atoms with van der Waals surface area (Å²) in [5, 5.41) is 0. The lowest BCUT2D eigenvalue weighted by Crippen LogP contribution is -2.31. The number of hydrogen-bond donors (Lipinski definition) is 0. The normalized spacial score (nSPS) is 26.7. The van der Waals surface area contributed by atoms with E-state index in [1.807, 2.05) is 31.2 Å². The monoisotopic (exact) mass is 460 g/mol. The highest BCUT2D eigenvalue weighted by atomic mass is 16.5. The lowest BCUT2D eigenvalue weighted by Gasteiger charge is -2.25. The second-order valence-corrected chi connectivity index (χ2v) is 9.80. The number of aryl methyl sites for hydroxylation is 1. The Morgan fingerprint density at radius 1 is 0.941 bits per heavy atom. The number of rotatable bonds is 4. The van der Waals surface area contributed by atoms with Gasteiger partial charge in [0.25, 0.3) is 0 Å². The van der Waals surface area contributed by atoms with Crippen LogP contribution >= 0.6 is 0 Å². The van der Waals surface area contributed by atoms with Gasteiger partial charge in [-0.2, -0.15) is 0 Å². The first-order valence-corrected chi connectivity index (χ1v) is 11.9. The van der Waals surface area contributed by atoms with E-state index in [2.05, 4.69) is 6.92 Å². The van der Waals surface area contributed by atoms with Crippen molar-refractivity contribution < 1.29 is 23.9 Å². The number of amides is 3. The van der Waals surface area contributed by atoms with Gasteiger partial charge >= 0.3 is 5.97 Å². The van der Waals surface area contributed by atoms with Gasteiger partial charge in [0.15, 0.2) is 0 Å². The third-order valence-corrected chi connectivity index (χ3v) is 7.29. The van der Waals surface area contributed by atoms with Gasteiger partial charge in [0.1, 0.15) is 5.75 Å². The van der Waals surface area contributed by atoms with Crippen molar-refractivity contribution in [1.29, 1.82) is 0 Å². The Bertz CT molecular complexity index is 1160. The van der Waals surface area contributed by atoms with Crippen molar-refractivity contribution in [2.24, 2.45) is 23.7 Å². The first-order valence-electron chi connectivity index (χ1n) is 11.9. The molecule has 1 aliphatic carbocycles. The third-order valence-electron chi connectivity index (χ3n) is 7.29. The predicted octanol–water partition coefficient (Wildman–Crippen LogP) is 3.88. The fourth-order valence-corrected chi connectivity index (χ4v) is 5.37. The molecule has 0 N–H and O–H groups in total. The first kappa shape index (κ1) is 22.3. The zero-order chi connectivity index (χ0) is 24.0. The molecule has 2 saturated heterocycles. The van der Waals surface area contributed by atoms with E-state index in [0.717, 1.165) is 30.5 Å². The molecule has 2 heterocycles. The van der Waals surface area contributed by atoms with Crippen LogP contribution in [-0.2, 0) is 19.2 Å². The summed E-state index contributed by atoms with van der Waals surface area (Å²) < 4.78 is 5.59. The summed E-state index contributed by atoms with van der Waals surface area (Å²) in [5.74, 6) is -1.37. The van der Waals surface area contributed by atoms with Gasteiger partial charge in [-0.3, -0.25) is 19.2 Å². The SMILES string of the molecule is Cc1ccc(N2C[C@@H](C(=O)Oc3cccc(N4C(=O)[C@H]5C[C@H](C)CC[C@H]5C4=O)c3)CC2=O)cc1. The average molecular weight is 461 g/mol. The molecule has 7 nitrogen and oxygen atoms in total. The van der Waals surface area contributed by atoms with E-state index in [-0.39, 0.29) is 48.3 Å². The minimum absolute atomic E-state index is 0.0804. The Morgan fingerprint density at radius 3 is 2.44 bits per heavy atom. The molecule has 3 amide bonds. The van der Waals surface area contributed by atoms with E-state index in [1.165, 1.54) is 4.90 Å². The Labute approximate surface area is 198 Å². The molecule has 3 fully saturated rings. The zero-order valence-corrected chi connectivity index (χ0v) is 19.4. The van der Waals surface area contributed by atoms with E-state index in [1.54, 1.807) is 29.2 Å². The number of imide groups is 1. The van der Waals surface area contributed by atoms with Crippen molar-refractivity contribution in [2.75, 3.05) is 16.3 Å². The van der Waals surface area contributed by atoms with Gasteiger partial charge in [0, 0.05) is 24.7 Å². The molecule has 5 rings (SSSR count). The average Bonchev–Trinajstić information content (AvgIpc) is 3.32. The maximum absolute atomic E-state index is 13.0. The van der Waals surface area contributed by atoms with Crippen molar-refractivity contribution in [1.82, 2.24) is 0 Å². The molecule has 7 heteroatoms. The van der Waals surface area contributed by atoms with Crippen molar-refractivity contribution in [3.05, 3.63) is 54.1 Å². The second-order valence-electron chi connectivity index (χ2n) is 9.80. The Hall–Kier alpha value is -3.48. The Kier molecular flexibility index (Phi) is 5.71. The Morgan fingerprint density at radius 2 is 1.68 bits per heavy atom. The molecule has 1 saturated carbocycles. The van der Waals surface area contributed by atoms with Crippen molar-refractivity contribution in [3.8, 4) is 5.75 Å². The van der Waals surface area contributed by atoms with Gasteiger partial charge < -0.3 is 9.64 Å². The highest BCUT2D eigenvalue weighted by Crippen LogP contribution is 2.42. The minimum atomic E-state index is -0.586. The summed E-state index contributed by atoms with van der Waals surface area (Å²) >= 11 is 0. The maximum Gasteiger partial charge on any atom is 0.316 e. The van der Waals surface area contributed by atoms with Crippen LogP contribution in [-0.4, -0.2) is 30.2 Å². The minimum Gasteiger partial charge on any atom is -0.426 e. The lowest BCUT2D eigenvalue weighted by molar-refractivity contribution is -0.139. The molecule has 0 aromatic heterocycles. The standard InChI is InChI=1S/C27H28N2O5/c1-16-6-9-19(10-7-16)28-15-18(13-24(28)30)27(33)34-21-5-3-4-20(14-21)29-25(31)22-11-8-17(2)12-23(22)26(29)32/h3-7,9-10,14,17-18,22-23H,8,11-13,15H2,1-2H3/t17-,18+,22-,23+/m1/s1. The summed E-state index contributed by atoms with van der Waals surface area (Å²) in [6, 6.07) is 14.1. The molecule has 0 unspecified atom stereocenters. The van der Waals surface area contributed by atoms with Crippen LogP contribution in [0.15, 0.2) is 48.5 Å². The first-order chi connectivity index (χ1) is 16.3. The van der Waals surface area contributed by atoms with Crippen LogP contribution in [0.25, 0.3) is 0 Å². The van der Waals surface area contributed by atoms with Crippen LogP contribution in [0, 0.1) is 30.6 Å². The largest absolute Gasteiger partial charge is 0.426 e. The fraction of sp³-hybridized carbons (Fsp3) is 0.407. The number of fused-ring (bicyclic) bond motifs is 1. The molecule has 0 spiro atoms. The van der Waals surface area contributed by atoms with Crippen molar-refractivity contribution in [3.63, 3.8) is 0 Å². The Balaban J connectivity index is 1.28. The van der Waals surface area contributed by atoms with E-state index >= 15 is 0 Å². The molecule has 3 aliphatic rings. The van der Waals surface area contributed by atoms with Gasteiger partial charge in [-0.25, -0.2) is 4.90 Å². The molecule has 2 aromatic rings. The number of hydrogen-bond acceptors (Lipinski definition) is 5. The number of esters is 1. The quantitative estimate of drug-likeness (QED) is 0.393. The fourth-order valence-electron chi connectivity index (χ4n) is 5.37. The summed E-state index contributed by atoms with van der Waals surface area (Å²) in [4.78, 5) is 54.2. The van der Waals surface area contributed by atoms with Crippen molar-refractivity contribution in [2.45, 2.75) is 39.5 Å². The molecule has 0 radical (unpaired) electrons.